The van der Waals surface area contributed by atoms with E-state index >= 15 is 0 Å². The van der Waals surface area contributed by atoms with Gasteiger partial charge in [-0.2, -0.15) is 5.26 Å². The fraction of sp³-hybridized carbons (Fsp3) is 0.375. The van der Waals surface area contributed by atoms with Crippen molar-refractivity contribution in [1.29, 1.82) is 5.26 Å². The van der Waals surface area contributed by atoms with Crippen molar-refractivity contribution in [2.75, 3.05) is 18.0 Å². The summed E-state index contributed by atoms with van der Waals surface area (Å²) in [5, 5.41) is 10.4. The summed E-state index contributed by atoms with van der Waals surface area (Å²) in [7, 11) is 0. The van der Waals surface area contributed by atoms with Gasteiger partial charge in [0.15, 0.2) is 0 Å². The first-order valence-corrected chi connectivity index (χ1v) is 6.93. The number of nitrogens with zero attached hydrogens (tertiary/aromatic N) is 3. The Bertz CT molecular complexity index is 619. The second kappa shape index (κ2) is 5.27. The predicted octanol–water partition coefficient (Wildman–Crippen LogP) is 3.49. The van der Waals surface area contributed by atoms with Crippen molar-refractivity contribution >= 4 is 16.7 Å². The minimum atomic E-state index is 0.695. The van der Waals surface area contributed by atoms with Crippen LogP contribution in [-0.2, 0) is 0 Å². The Morgan fingerprint density at radius 2 is 1.79 bits per heavy atom. The molecule has 0 radical (unpaired) electrons. The second-order valence-electron chi connectivity index (χ2n) is 5.07. The van der Waals surface area contributed by atoms with Gasteiger partial charge in [0, 0.05) is 18.5 Å². The number of pyridine rings is 1. The molecule has 0 saturated carbocycles. The van der Waals surface area contributed by atoms with E-state index in [9.17, 15) is 5.26 Å². The minimum absolute atomic E-state index is 0.695. The zero-order valence-corrected chi connectivity index (χ0v) is 11.0. The zero-order valence-electron chi connectivity index (χ0n) is 11.0. The van der Waals surface area contributed by atoms with Crippen LogP contribution in [0.25, 0.3) is 10.9 Å². The molecular formula is C16H17N3. The van der Waals surface area contributed by atoms with E-state index in [4.69, 9.17) is 4.98 Å². The maximum Gasteiger partial charge on any atom is 0.147 e. The molecule has 1 saturated heterocycles. The third kappa shape index (κ3) is 2.39. The van der Waals surface area contributed by atoms with Crippen LogP contribution in [-0.4, -0.2) is 18.1 Å². The molecule has 1 aliphatic heterocycles. The highest BCUT2D eigenvalue weighted by atomic mass is 15.2. The van der Waals surface area contributed by atoms with Gasteiger partial charge >= 0.3 is 0 Å². The van der Waals surface area contributed by atoms with Crippen molar-refractivity contribution in [3.05, 3.63) is 35.9 Å². The molecule has 19 heavy (non-hydrogen) atoms. The van der Waals surface area contributed by atoms with Gasteiger partial charge in [0.25, 0.3) is 0 Å². The fourth-order valence-corrected chi connectivity index (χ4v) is 2.71. The van der Waals surface area contributed by atoms with Crippen LogP contribution >= 0.6 is 0 Å². The normalized spacial score (nSPS) is 16.1. The van der Waals surface area contributed by atoms with E-state index in [1.165, 1.54) is 25.7 Å². The maximum atomic E-state index is 9.36. The first kappa shape index (κ1) is 12.0. The summed E-state index contributed by atoms with van der Waals surface area (Å²) in [6.45, 7) is 2.03. The minimum Gasteiger partial charge on any atom is -0.356 e. The molecule has 0 N–H and O–H groups in total. The van der Waals surface area contributed by atoms with Gasteiger partial charge in [-0.05, 0) is 25.0 Å². The van der Waals surface area contributed by atoms with Gasteiger partial charge in [-0.3, -0.25) is 0 Å². The Kier molecular flexibility index (Phi) is 3.33. The first-order valence-electron chi connectivity index (χ1n) is 6.93. The fourth-order valence-electron chi connectivity index (χ4n) is 2.71. The van der Waals surface area contributed by atoms with Crippen LogP contribution in [0.15, 0.2) is 30.3 Å². The molecule has 3 nitrogen and oxygen atoms in total. The highest BCUT2D eigenvalue weighted by Crippen LogP contribution is 2.25. The molecular weight excluding hydrogens is 234 g/mol. The molecule has 1 fully saturated rings. The maximum absolute atomic E-state index is 9.36. The van der Waals surface area contributed by atoms with Crippen LogP contribution in [0.4, 0.5) is 5.82 Å². The molecule has 0 amide bonds. The molecule has 0 aliphatic carbocycles. The average Bonchev–Trinajstić information content (AvgIpc) is 2.74. The Morgan fingerprint density at radius 1 is 1.05 bits per heavy atom. The quantitative estimate of drug-likeness (QED) is 0.779. The summed E-state index contributed by atoms with van der Waals surface area (Å²) in [6.07, 6.45) is 4.96. The van der Waals surface area contributed by atoms with Gasteiger partial charge in [0.1, 0.15) is 11.9 Å². The SMILES string of the molecule is N#Cc1cc2ccccc2nc1N1CCCCCC1. The number of rotatable bonds is 1. The zero-order chi connectivity index (χ0) is 13.1. The van der Waals surface area contributed by atoms with E-state index in [2.05, 4.69) is 11.0 Å². The van der Waals surface area contributed by atoms with Gasteiger partial charge < -0.3 is 4.90 Å². The molecule has 1 aliphatic rings. The molecule has 0 unspecified atom stereocenters. The molecule has 3 heteroatoms. The number of para-hydroxylation sites is 1. The lowest BCUT2D eigenvalue weighted by Gasteiger charge is -2.22. The van der Waals surface area contributed by atoms with Crippen molar-refractivity contribution in [2.45, 2.75) is 25.7 Å². The lowest BCUT2D eigenvalue weighted by Crippen LogP contribution is -2.25. The van der Waals surface area contributed by atoms with Crippen molar-refractivity contribution in [3.63, 3.8) is 0 Å². The lowest BCUT2D eigenvalue weighted by molar-refractivity contribution is 0.726. The molecule has 2 heterocycles. The Morgan fingerprint density at radius 3 is 2.53 bits per heavy atom. The molecule has 96 valence electrons. The van der Waals surface area contributed by atoms with Crippen molar-refractivity contribution < 1.29 is 0 Å². The molecule has 2 aromatic rings. The standard InChI is InChI=1S/C16H17N3/c17-12-14-11-13-7-3-4-8-15(13)18-16(14)19-9-5-1-2-6-10-19/h3-4,7-8,11H,1-2,5-6,9-10H2. The van der Waals surface area contributed by atoms with Crippen molar-refractivity contribution in [2.24, 2.45) is 0 Å². The van der Waals surface area contributed by atoms with E-state index in [0.717, 1.165) is 29.8 Å². The summed E-state index contributed by atoms with van der Waals surface area (Å²) in [6, 6.07) is 12.3. The van der Waals surface area contributed by atoms with Crippen LogP contribution < -0.4 is 4.90 Å². The summed E-state index contributed by atoms with van der Waals surface area (Å²) in [5.74, 6) is 0.864. The van der Waals surface area contributed by atoms with Gasteiger partial charge in [-0.1, -0.05) is 31.0 Å². The van der Waals surface area contributed by atoms with Crippen molar-refractivity contribution in [3.8, 4) is 6.07 Å². The van der Waals surface area contributed by atoms with Crippen LogP contribution in [0, 0.1) is 11.3 Å². The highest BCUT2D eigenvalue weighted by Gasteiger charge is 2.15. The predicted molar refractivity (Wildman–Crippen MR) is 77.1 cm³/mol. The summed E-state index contributed by atoms with van der Waals surface area (Å²) < 4.78 is 0. The summed E-state index contributed by atoms with van der Waals surface area (Å²) in [4.78, 5) is 6.99. The number of anilines is 1. The van der Waals surface area contributed by atoms with Crippen molar-refractivity contribution in [1.82, 2.24) is 4.98 Å². The molecule has 1 aromatic heterocycles. The van der Waals surface area contributed by atoms with Gasteiger partial charge in [-0.25, -0.2) is 4.98 Å². The average molecular weight is 251 g/mol. The smallest absolute Gasteiger partial charge is 0.147 e. The monoisotopic (exact) mass is 251 g/mol. The Hall–Kier alpha value is -2.08. The van der Waals surface area contributed by atoms with Gasteiger partial charge in [-0.15, -0.1) is 0 Å². The first-order chi connectivity index (χ1) is 9.38. The van der Waals surface area contributed by atoms with E-state index < -0.39 is 0 Å². The van der Waals surface area contributed by atoms with E-state index in [1.54, 1.807) is 0 Å². The van der Waals surface area contributed by atoms with Crippen LogP contribution in [0.3, 0.4) is 0 Å². The Balaban J connectivity index is 2.08. The number of hydrogen-bond donors (Lipinski definition) is 0. The number of hydrogen-bond acceptors (Lipinski definition) is 3. The third-order valence-corrected chi connectivity index (χ3v) is 3.73. The largest absolute Gasteiger partial charge is 0.356 e. The number of benzene rings is 1. The van der Waals surface area contributed by atoms with E-state index in [1.807, 2.05) is 30.3 Å². The molecule has 3 rings (SSSR count). The molecule has 0 atom stereocenters. The number of nitriles is 1. The Labute approximate surface area is 113 Å². The molecule has 0 spiro atoms. The summed E-state index contributed by atoms with van der Waals surface area (Å²) >= 11 is 0. The number of fused-ring (bicyclic) bond motifs is 1. The summed E-state index contributed by atoms with van der Waals surface area (Å²) in [5.41, 5.74) is 1.67. The van der Waals surface area contributed by atoms with Gasteiger partial charge in [0.05, 0.1) is 11.1 Å². The molecule has 0 bridgehead atoms. The number of aromatic nitrogens is 1. The van der Waals surface area contributed by atoms with E-state index in [0.29, 0.717) is 5.56 Å². The molecule has 1 aromatic carbocycles. The lowest BCUT2D eigenvalue weighted by atomic mass is 10.1. The van der Waals surface area contributed by atoms with Crippen LogP contribution in [0.5, 0.6) is 0 Å². The second-order valence-corrected chi connectivity index (χ2v) is 5.07. The third-order valence-electron chi connectivity index (χ3n) is 3.73. The van der Waals surface area contributed by atoms with E-state index in [-0.39, 0.29) is 0 Å². The highest BCUT2D eigenvalue weighted by molar-refractivity contribution is 5.83. The van der Waals surface area contributed by atoms with Crippen LogP contribution in [0.2, 0.25) is 0 Å². The topological polar surface area (TPSA) is 39.9 Å². The van der Waals surface area contributed by atoms with Crippen LogP contribution in [0.1, 0.15) is 31.2 Å². The van der Waals surface area contributed by atoms with Gasteiger partial charge in [0.2, 0.25) is 0 Å².